The fraction of sp³-hybridized carbons (Fsp3) is 0.562. The number of halogens is 1. The van der Waals surface area contributed by atoms with Crippen LogP contribution >= 0.6 is 0 Å². The van der Waals surface area contributed by atoms with Crippen molar-refractivity contribution in [2.45, 2.75) is 38.3 Å². The Bertz CT molecular complexity index is 470. The molecular formula is C16H21FN2O. The molecule has 1 saturated carbocycles. The van der Waals surface area contributed by atoms with Crippen LogP contribution in [0.4, 0.5) is 4.39 Å². The van der Waals surface area contributed by atoms with Gasteiger partial charge in [-0.2, -0.15) is 0 Å². The summed E-state index contributed by atoms with van der Waals surface area (Å²) in [6.07, 6.45) is 4.32. The standard InChI is InChI=1S/C16H21FN2O/c17-14-5-3-12(4-6-14)10-19-9-1-2-13(11-19)16(20)18-15-7-8-15/h3-6,13,15H,1-2,7-11H2,(H,18,20). The van der Waals surface area contributed by atoms with E-state index in [4.69, 9.17) is 0 Å². The minimum Gasteiger partial charge on any atom is -0.353 e. The molecule has 1 atom stereocenters. The van der Waals surface area contributed by atoms with E-state index in [9.17, 15) is 9.18 Å². The second-order valence-corrected chi connectivity index (χ2v) is 5.98. The van der Waals surface area contributed by atoms with E-state index in [1.165, 1.54) is 12.1 Å². The monoisotopic (exact) mass is 276 g/mol. The number of piperidine rings is 1. The molecule has 3 rings (SSSR count). The van der Waals surface area contributed by atoms with Gasteiger partial charge in [0, 0.05) is 19.1 Å². The Balaban J connectivity index is 1.54. The van der Waals surface area contributed by atoms with Crippen LogP contribution < -0.4 is 5.32 Å². The Kier molecular flexibility index (Phi) is 4.01. The molecule has 1 aliphatic heterocycles. The van der Waals surface area contributed by atoms with E-state index in [0.717, 1.165) is 50.9 Å². The second kappa shape index (κ2) is 5.92. The quantitative estimate of drug-likeness (QED) is 0.915. The molecule has 4 heteroatoms. The number of amides is 1. The SMILES string of the molecule is O=C(NC1CC1)C1CCCN(Cc2ccc(F)cc2)C1. The maximum Gasteiger partial charge on any atom is 0.224 e. The molecule has 1 saturated heterocycles. The number of nitrogens with zero attached hydrogens (tertiary/aromatic N) is 1. The number of hydrogen-bond acceptors (Lipinski definition) is 2. The highest BCUT2D eigenvalue weighted by molar-refractivity contribution is 5.79. The fourth-order valence-corrected chi connectivity index (χ4v) is 2.81. The van der Waals surface area contributed by atoms with E-state index in [-0.39, 0.29) is 17.6 Å². The predicted octanol–water partition coefficient (Wildman–Crippen LogP) is 2.32. The zero-order chi connectivity index (χ0) is 13.9. The first-order valence-corrected chi connectivity index (χ1v) is 7.48. The molecule has 0 radical (unpaired) electrons. The van der Waals surface area contributed by atoms with Gasteiger partial charge < -0.3 is 5.32 Å². The van der Waals surface area contributed by atoms with E-state index < -0.39 is 0 Å². The average Bonchev–Trinajstić information content (AvgIpc) is 3.26. The van der Waals surface area contributed by atoms with Crippen molar-refractivity contribution < 1.29 is 9.18 Å². The predicted molar refractivity (Wildman–Crippen MR) is 75.6 cm³/mol. The van der Waals surface area contributed by atoms with E-state index >= 15 is 0 Å². The van der Waals surface area contributed by atoms with Gasteiger partial charge in [0.1, 0.15) is 5.82 Å². The maximum atomic E-state index is 12.9. The van der Waals surface area contributed by atoms with Gasteiger partial charge in [0.25, 0.3) is 0 Å². The van der Waals surface area contributed by atoms with Crippen LogP contribution in [0.1, 0.15) is 31.2 Å². The smallest absolute Gasteiger partial charge is 0.224 e. The summed E-state index contributed by atoms with van der Waals surface area (Å²) in [7, 11) is 0. The Morgan fingerprint density at radius 3 is 2.70 bits per heavy atom. The van der Waals surface area contributed by atoms with Gasteiger partial charge in [0.2, 0.25) is 5.91 Å². The van der Waals surface area contributed by atoms with E-state index in [1.54, 1.807) is 0 Å². The molecule has 1 unspecified atom stereocenters. The minimum absolute atomic E-state index is 0.116. The lowest BCUT2D eigenvalue weighted by atomic mass is 9.96. The van der Waals surface area contributed by atoms with Gasteiger partial charge in [-0.3, -0.25) is 9.69 Å². The van der Waals surface area contributed by atoms with Crippen LogP contribution in [0.15, 0.2) is 24.3 Å². The van der Waals surface area contributed by atoms with Crippen LogP contribution in [-0.4, -0.2) is 29.9 Å². The Labute approximate surface area is 119 Å². The van der Waals surface area contributed by atoms with Crippen molar-refractivity contribution in [2.75, 3.05) is 13.1 Å². The van der Waals surface area contributed by atoms with Crippen molar-refractivity contribution in [3.63, 3.8) is 0 Å². The molecule has 0 bridgehead atoms. The average molecular weight is 276 g/mol. The molecule has 20 heavy (non-hydrogen) atoms. The fourth-order valence-electron chi connectivity index (χ4n) is 2.81. The summed E-state index contributed by atoms with van der Waals surface area (Å²) in [5.74, 6) is 0.134. The first-order chi connectivity index (χ1) is 9.70. The lowest BCUT2D eigenvalue weighted by molar-refractivity contribution is -0.126. The van der Waals surface area contributed by atoms with Gasteiger partial charge in [-0.15, -0.1) is 0 Å². The summed E-state index contributed by atoms with van der Waals surface area (Å²) < 4.78 is 12.9. The molecule has 2 fully saturated rings. The van der Waals surface area contributed by atoms with E-state index in [2.05, 4.69) is 10.2 Å². The van der Waals surface area contributed by atoms with Crippen molar-refractivity contribution in [3.8, 4) is 0 Å². The zero-order valence-electron chi connectivity index (χ0n) is 11.6. The molecule has 1 heterocycles. The van der Waals surface area contributed by atoms with E-state index in [1.807, 2.05) is 12.1 Å². The van der Waals surface area contributed by atoms with Crippen LogP contribution in [0, 0.1) is 11.7 Å². The van der Waals surface area contributed by atoms with Crippen molar-refractivity contribution in [1.29, 1.82) is 0 Å². The second-order valence-electron chi connectivity index (χ2n) is 5.98. The first kappa shape index (κ1) is 13.6. The molecule has 1 aromatic rings. The highest BCUT2D eigenvalue weighted by Gasteiger charge is 2.30. The van der Waals surface area contributed by atoms with Gasteiger partial charge >= 0.3 is 0 Å². The minimum atomic E-state index is -0.200. The third-order valence-electron chi connectivity index (χ3n) is 4.12. The number of carbonyl (C=O) groups is 1. The number of likely N-dealkylation sites (tertiary alicyclic amines) is 1. The summed E-state index contributed by atoms with van der Waals surface area (Å²) in [6.45, 7) is 2.63. The maximum absolute atomic E-state index is 12.9. The number of benzene rings is 1. The number of rotatable bonds is 4. The molecular weight excluding hydrogens is 255 g/mol. The molecule has 1 amide bonds. The lowest BCUT2D eigenvalue weighted by Gasteiger charge is -2.32. The molecule has 108 valence electrons. The van der Waals surface area contributed by atoms with Crippen LogP contribution in [0.25, 0.3) is 0 Å². The third-order valence-corrected chi connectivity index (χ3v) is 4.12. The highest BCUT2D eigenvalue weighted by atomic mass is 19.1. The van der Waals surface area contributed by atoms with Crippen molar-refractivity contribution in [1.82, 2.24) is 10.2 Å². The largest absolute Gasteiger partial charge is 0.353 e. The highest BCUT2D eigenvalue weighted by Crippen LogP contribution is 2.23. The van der Waals surface area contributed by atoms with Gasteiger partial charge in [0.15, 0.2) is 0 Å². The van der Waals surface area contributed by atoms with Crippen molar-refractivity contribution in [2.24, 2.45) is 5.92 Å². The normalized spacial score (nSPS) is 23.6. The molecule has 0 aromatic heterocycles. The van der Waals surface area contributed by atoms with Crippen LogP contribution in [0.5, 0.6) is 0 Å². The van der Waals surface area contributed by atoms with Crippen molar-refractivity contribution >= 4 is 5.91 Å². The van der Waals surface area contributed by atoms with Gasteiger partial charge in [0.05, 0.1) is 5.92 Å². The number of hydrogen-bond donors (Lipinski definition) is 1. The Morgan fingerprint density at radius 2 is 2.00 bits per heavy atom. The number of nitrogens with one attached hydrogen (secondary N) is 1. The molecule has 0 spiro atoms. The molecule has 2 aliphatic rings. The van der Waals surface area contributed by atoms with Gasteiger partial charge in [-0.05, 0) is 49.9 Å². The van der Waals surface area contributed by atoms with E-state index in [0.29, 0.717) is 6.04 Å². The topological polar surface area (TPSA) is 32.3 Å². The van der Waals surface area contributed by atoms with Gasteiger partial charge in [-0.1, -0.05) is 12.1 Å². The Morgan fingerprint density at radius 1 is 1.25 bits per heavy atom. The lowest BCUT2D eigenvalue weighted by Crippen LogP contribution is -2.43. The molecule has 1 aliphatic carbocycles. The molecule has 1 N–H and O–H groups in total. The summed E-state index contributed by atoms with van der Waals surface area (Å²) in [5, 5.41) is 3.10. The van der Waals surface area contributed by atoms with Gasteiger partial charge in [-0.25, -0.2) is 4.39 Å². The van der Waals surface area contributed by atoms with Crippen LogP contribution in [0.2, 0.25) is 0 Å². The van der Waals surface area contributed by atoms with Crippen LogP contribution in [0.3, 0.4) is 0 Å². The molecule has 1 aromatic carbocycles. The number of carbonyl (C=O) groups excluding carboxylic acids is 1. The molecule has 3 nitrogen and oxygen atoms in total. The summed E-state index contributed by atoms with van der Waals surface area (Å²) in [6, 6.07) is 7.08. The third kappa shape index (κ3) is 3.57. The van der Waals surface area contributed by atoms with Crippen molar-refractivity contribution in [3.05, 3.63) is 35.6 Å². The first-order valence-electron chi connectivity index (χ1n) is 7.48. The summed E-state index contributed by atoms with van der Waals surface area (Å²) in [5.41, 5.74) is 1.11. The summed E-state index contributed by atoms with van der Waals surface area (Å²) in [4.78, 5) is 14.4. The zero-order valence-corrected chi connectivity index (χ0v) is 11.6. The Hall–Kier alpha value is -1.42. The van der Waals surface area contributed by atoms with Crippen LogP contribution in [-0.2, 0) is 11.3 Å². The summed E-state index contributed by atoms with van der Waals surface area (Å²) >= 11 is 0.